The predicted octanol–water partition coefficient (Wildman–Crippen LogP) is 2.48. The number of nitrogens with zero attached hydrogens (tertiary/aromatic N) is 4. The highest BCUT2D eigenvalue weighted by Gasteiger charge is 2.13. The van der Waals surface area contributed by atoms with Crippen molar-refractivity contribution in [1.82, 2.24) is 14.3 Å². The number of aromatic nitrogens is 3. The van der Waals surface area contributed by atoms with Gasteiger partial charge in [0.1, 0.15) is 0 Å². The number of ether oxygens (including phenoxy) is 1. The topological polar surface area (TPSA) is 90.5 Å². The minimum atomic E-state index is -0.387. The lowest BCUT2D eigenvalue weighted by Crippen LogP contribution is -2.20. The fourth-order valence-electron chi connectivity index (χ4n) is 2.77. The van der Waals surface area contributed by atoms with Gasteiger partial charge in [0.25, 0.3) is 5.91 Å². The molecule has 0 aliphatic heterocycles. The first-order chi connectivity index (χ1) is 13.4. The van der Waals surface area contributed by atoms with Gasteiger partial charge in [0.05, 0.1) is 16.8 Å². The molecule has 2 aromatic heterocycles. The molecule has 0 radical (unpaired) electrons. The highest BCUT2D eigenvalue weighted by molar-refractivity contribution is 7.16. The van der Waals surface area contributed by atoms with E-state index in [1.165, 1.54) is 18.3 Å². The molecule has 0 fully saturated rings. The number of thiazole rings is 1. The van der Waals surface area contributed by atoms with Gasteiger partial charge in [0.2, 0.25) is 5.91 Å². The highest BCUT2D eigenvalue weighted by atomic mass is 32.1. The van der Waals surface area contributed by atoms with Crippen molar-refractivity contribution in [2.45, 2.75) is 27.3 Å². The van der Waals surface area contributed by atoms with E-state index in [0.29, 0.717) is 35.9 Å². The van der Waals surface area contributed by atoms with Crippen molar-refractivity contribution in [3.05, 3.63) is 40.5 Å². The third-order valence-corrected chi connectivity index (χ3v) is 5.24. The molecule has 0 aliphatic rings. The summed E-state index contributed by atoms with van der Waals surface area (Å²) in [6.07, 6.45) is 0. The molecule has 9 heteroatoms. The molecule has 2 amide bonds. The molecule has 28 heavy (non-hydrogen) atoms. The molecule has 2 heterocycles. The van der Waals surface area contributed by atoms with Crippen LogP contribution in [0, 0.1) is 6.92 Å². The van der Waals surface area contributed by atoms with Crippen LogP contribution in [-0.2, 0) is 23.1 Å². The maximum absolute atomic E-state index is 12.6. The number of aryl methyl sites for hydroxylation is 2. The molecule has 8 nitrogen and oxygen atoms in total. The first kappa shape index (κ1) is 20.0. The number of fused-ring (bicyclic) bond motifs is 1. The fraction of sp³-hybridized carbons (Fsp3) is 0.368. The Hall–Kier alpha value is -2.78. The zero-order chi connectivity index (χ0) is 20.3. The predicted molar refractivity (Wildman–Crippen MR) is 108 cm³/mol. The van der Waals surface area contributed by atoms with E-state index in [2.05, 4.69) is 15.4 Å². The summed E-state index contributed by atoms with van der Waals surface area (Å²) >= 11 is 1.39. The maximum atomic E-state index is 12.6. The summed E-state index contributed by atoms with van der Waals surface area (Å²) in [5.41, 5.74) is 2.84. The van der Waals surface area contributed by atoms with Crippen LogP contribution in [0.3, 0.4) is 0 Å². The van der Waals surface area contributed by atoms with Gasteiger partial charge in [-0.3, -0.25) is 14.3 Å². The Morgan fingerprint density at radius 3 is 2.75 bits per heavy atom. The third-order valence-electron chi connectivity index (χ3n) is 4.20. The Kier molecular flexibility index (Phi) is 6.05. The van der Waals surface area contributed by atoms with Crippen LogP contribution >= 0.6 is 11.3 Å². The molecule has 0 aliphatic carbocycles. The Balaban J connectivity index is 2.06. The van der Waals surface area contributed by atoms with E-state index >= 15 is 0 Å². The number of carbonyl (C=O) groups is 2. The van der Waals surface area contributed by atoms with E-state index in [9.17, 15) is 9.59 Å². The van der Waals surface area contributed by atoms with Crippen LogP contribution < -0.4 is 10.1 Å². The standard InChI is InChI=1S/C19H23N5O3S/c1-5-27-9-8-24-16-7-6-14(20-13(3)25)11-17(16)28-19(24)21-18(26)15-10-12(2)23(4)22-15/h6-7,10-11H,5,8-9H2,1-4H3,(H,20,25). The van der Waals surface area contributed by atoms with Gasteiger partial charge in [0, 0.05) is 38.5 Å². The Morgan fingerprint density at radius 1 is 1.32 bits per heavy atom. The second kappa shape index (κ2) is 8.49. The number of rotatable bonds is 6. The number of carbonyl (C=O) groups excluding carboxylic acids is 2. The lowest BCUT2D eigenvalue weighted by atomic mass is 10.3. The minimum absolute atomic E-state index is 0.134. The zero-order valence-electron chi connectivity index (χ0n) is 16.4. The summed E-state index contributed by atoms with van der Waals surface area (Å²) in [5, 5.41) is 6.99. The molecule has 148 valence electrons. The van der Waals surface area contributed by atoms with Gasteiger partial charge >= 0.3 is 0 Å². The van der Waals surface area contributed by atoms with Crippen LogP contribution in [0.15, 0.2) is 29.3 Å². The average Bonchev–Trinajstić information content (AvgIpc) is 3.14. The number of hydrogen-bond acceptors (Lipinski definition) is 5. The number of benzene rings is 1. The molecule has 0 saturated heterocycles. The van der Waals surface area contributed by atoms with Gasteiger partial charge in [-0.25, -0.2) is 0 Å². The van der Waals surface area contributed by atoms with E-state index < -0.39 is 0 Å². The Morgan fingerprint density at radius 2 is 2.11 bits per heavy atom. The molecule has 0 bridgehead atoms. The third kappa shape index (κ3) is 4.37. The van der Waals surface area contributed by atoms with Gasteiger partial charge in [0.15, 0.2) is 10.5 Å². The van der Waals surface area contributed by atoms with Gasteiger partial charge < -0.3 is 14.6 Å². The monoisotopic (exact) mass is 401 g/mol. The SMILES string of the molecule is CCOCCn1c(=NC(=O)c2cc(C)n(C)n2)sc2cc(NC(C)=O)ccc21. The summed E-state index contributed by atoms with van der Waals surface area (Å²) in [7, 11) is 1.79. The first-order valence-corrected chi connectivity index (χ1v) is 9.79. The lowest BCUT2D eigenvalue weighted by molar-refractivity contribution is -0.114. The van der Waals surface area contributed by atoms with Crippen molar-refractivity contribution in [2.75, 3.05) is 18.5 Å². The summed E-state index contributed by atoms with van der Waals surface area (Å²) in [6.45, 7) is 6.99. The summed E-state index contributed by atoms with van der Waals surface area (Å²) in [5.74, 6) is -0.520. The van der Waals surface area contributed by atoms with E-state index in [0.717, 1.165) is 15.9 Å². The first-order valence-electron chi connectivity index (χ1n) is 8.97. The number of amides is 2. The van der Waals surface area contributed by atoms with Crippen LogP contribution in [0.4, 0.5) is 5.69 Å². The van der Waals surface area contributed by atoms with Crippen LogP contribution in [-0.4, -0.2) is 39.4 Å². The van der Waals surface area contributed by atoms with Crippen LogP contribution in [0.5, 0.6) is 0 Å². The number of hydrogen-bond donors (Lipinski definition) is 1. The molecular weight excluding hydrogens is 378 g/mol. The molecule has 3 aromatic rings. The summed E-state index contributed by atoms with van der Waals surface area (Å²) < 4.78 is 10.0. The molecular formula is C19H23N5O3S. The summed E-state index contributed by atoms with van der Waals surface area (Å²) in [6, 6.07) is 7.35. The van der Waals surface area contributed by atoms with E-state index in [1.807, 2.05) is 36.6 Å². The molecule has 1 N–H and O–H groups in total. The molecule has 0 atom stereocenters. The highest BCUT2D eigenvalue weighted by Crippen LogP contribution is 2.22. The lowest BCUT2D eigenvalue weighted by Gasteiger charge is -2.06. The normalized spacial score (nSPS) is 11.9. The smallest absolute Gasteiger partial charge is 0.300 e. The second-order valence-electron chi connectivity index (χ2n) is 6.31. The molecule has 3 rings (SSSR count). The van der Waals surface area contributed by atoms with Crippen LogP contribution in [0.2, 0.25) is 0 Å². The number of anilines is 1. The largest absolute Gasteiger partial charge is 0.380 e. The van der Waals surface area contributed by atoms with E-state index in [1.54, 1.807) is 17.8 Å². The maximum Gasteiger partial charge on any atom is 0.300 e. The number of nitrogens with one attached hydrogen (secondary N) is 1. The van der Waals surface area contributed by atoms with Crippen LogP contribution in [0.1, 0.15) is 30.0 Å². The second-order valence-corrected chi connectivity index (χ2v) is 7.32. The minimum Gasteiger partial charge on any atom is -0.380 e. The Bertz CT molecular complexity index is 1070. The van der Waals surface area contributed by atoms with Crippen LogP contribution in [0.25, 0.3) is 10.2 Å². The quantitative estimate of drug-likeness (QED) is 0.643. The van der Waals surface area contributed by atoms with Crippen molar-refractivity contribution in [3.63, 3.8) is 0 Å². The van der Waals surface area contributed by atoms with Gasteiger partial charge in [-0.1, -0.05) is 11.3 Å². The van der Waals surface area contributed by atoms with E-state index in [-0.39, 0.29) is 11.8 Å². The Labute approximate surface area is 166 Å². The summed E-state index contributed by atoms with van der Waals surface area (Å²) in [4.78, 5) is 28.8. The van der Waals surface area contributed by atoms with Gasteiger partial charge in [-0.2, -0.15) is 10.1 Å². The molecule has 0 saturated carbocycles. The van der Waals surface area contributed by atoms with Gasteiger partial charge in [-0.05, 0) is 38.1 Å². The zero-order valence-corrected chi connectivity index (χ0v) is 17.2. The van der Waals surface area contributed by atoms with Crippen molar-refractivity contribution < 1.29 is 14.3 Å². The fourth-order valence-corrected chi connectivity index (χ4v) is 3.86. The van der Waals surface area contributed by atoms with Gasteiger partial charge in [-0.15, -0.1) is 0 Å². The molecule has 1 aromatic carbocycles. The average molecular weight is 401 g/mol. The van der Waals surface area contributed by atoms with Crippen molar-refractivity contribution >= 4 is 39.1 Å². The molecule has 0 unspecified atom stereocenters. The van der Waals surface area contributed by atoms with Crippen molar-refractivity contribution in [2.24, 2.45) is 12.0 Å². The van der Waals surface area contributed by atoms with E-state index in [4.69, 9.17) is 4.74 Å². The van der Waals surface area contributed by atoms with Crippen molar-refractivity contribution in [1.29, 1.82) is 0 Å². The van der Waals surface area contributed by atoms with Crippen molar-refractivity contribution in [3.8, 4) is 0 Å². The molecule has 0 spiro atoms.